The van der Waals surface area contributed by atoms with E-state index in [-0.39, 0.29) is 12.0 Å². The van der Waals surface area contributed by atoms with Crippen molar-refractivity contribution in [2.75, 3.05) is 17.2 Å². The molecule has 0 saturated carbocycles. The Kier molecular flexibility index (Phi) is 4.57. The van der Waals surface area contributed by atoms with E-state index in [0.29, 0.717) is 18.4 Å². The first kappa shape index (κ1) is 16.2. The maximum Gasteiger partial charge on any atom is 0.253 e. The molecule has 3 aromatic rings. The zero-order valence-electron chi connectivity index (χ0n) is 14.0. The van der Waals surface area contributed by atoms with Gasteiger partial charge in [-0.3, -0.25) is 4.79 Å². The Morgan fingerprint density at radius 1 is 1.15 bits per heavy atom. The number of aromatic nitrogens is 4. The lowest BCUT2D eigenvalue weighted by atomic mass is 10.2. The van der Waals surface area contributed by atoms with Crippen LogP contribution in [0.4, 0.5) is 17.3 Å². The van der Waals surface area contributed by atoms with Crippen LogP contribution in [-0.2, 0) is 9.53 Å². The number of ether oxygens (including phenoxy) is 1. The number of rotatable bonds is 5. The number of benzene rings is 1. The number of amides is 1. The molecule has 1 unspecified atom stereocenters. The maximum absolute atomic E-state index is 12.1. The van der Waals surface area contributed by atoms with Gasteiger partial charge in [0.1, 0.15) is 6.10 Å². The Balaban J connectivity index is 1.41. The molecule has 26 heavy (non-hydrogen) atoms. The summed E-state index contributed by atoms with van der Waals surface area (Å²) in [7, 11) is 0. The fourth-order valence-electron chi connectivity index (χ4n) is 2.71. The summed E-state index contributed by atoms with van der Waals surface area (Å²) < 4.78 is 7.05. The van der Waals surface area contributed by atoms with Crippen molar-refractivity contribution in [2.45, 2.75) is 18.9 Å². The van der Waals surface area contributed by atoms with Crippen LogP contribution in [0, 0.1) is 0 Å². The molecule has 0 aliphatic carbocycles. The minimum Gasteiger partial charge on any atom is -0.368 e. The van der Waals surface area contributed by atoms with Crippen molar-refractivity contribution in [3.8, 4) is 5.82 Å². The highest BCUT2D eigenvalue weighted by molar-refractivity contribution is 5.94. The fraction of sp³-hybridized carbons (Fsp3) is 0.222. The van der Waals surface area contributed by atoms with Crippen LogP contribution in [0.5, 0.6) is 0 Å². The molecule has 1 saturated heterocycles. The van der Waals surface area contributed by atoms with E-state index in [1.807, 2.05) is 36.5 Å². The Labute approximate surface area is 150 Å². The van der Waals surface area contributed by atoms with Gasteiger partial charge in [0.2, 0.25) is 5.95 Å². The van der Waals surface area contributed by atoms with Gasteiger partial charge in [-0.05, 0) is 43.2 Å². The van der Waals surface area contributed by atoms with E-state index in [2.05, 4.69) is 25.7 Å². The standard InChI is InChI=1S/C18H18N6O2/c25-17(15-3-1-12-26-15)21-13-4-6-14(7-5-13)22-18-19-10-8-16(23-18)24-11-2-9-20-24/h2,4-11,15H,1,3,12H2,(H,21,25)(H,19,22,23). The third kappa shape index (κ3) is 3.70. The van der Waals surface area contributed by atoms with E-state index in [1.54, 1.807) is 23.1 Å². The highest BCUT2D eigenvalue weighted by Crippen LogP contribution is 2.19. The van der Waals surface area contributed by atoms with Gasteiger partial charge in [0, 0.05) is 42.6 Å². The molecular weight excluding hydrogens is 332 g/mol. The van der Waals surface area contributed by atoms with Crippen LogP contribution >= 0.6 is 0 Å². The quantitative estimate of drug-likeness (QED) is 0.734. The van der Waals surface area contributed by atoms with Crippen LogP contribution in [0.2, 0.25) is 0 Å². The number of hydrogen-bond donors (Lipinski definition) is 2. The van der Waals surface area contributed by atoms with Gasteiger partial charge < -0.3 is 15.4 Å². The predicted molar refractivity (Wildman–Crippen MR) is 96.5 cm³/mol. The molecule has 0 spiro atoms. The SMILES string of the molecule is O=C(Nc1ccc(Nc2nccc(-n3cccn3)n2)cc1)C1CCCO1. The van der Waals surface area contributed by atoms with E-state index in [4.69, 9.17) is 4.74 Å². The zero-order valence-corrected chi connectivity index (χ0v) is 14.0. The van der Waals surface area contributed by atoms with E-state index in [0.717, 1.165) is 24.2 Å². The minimum absolute atomic E-state index is 0.0986. The molecule has 8 heteroatoms. The molecule has 8 nitrogen and oxygen atoms in total. The zero-order chi connectivity index (χ0) is 17.8. The van der Waals surface area contributed by atoms with E-state index >= 15 is 0 Å². The Morgan fingerprint density at radius 2 is 2.00 bits per heavy atom. The van der Waals surface area contributed by atoms with Gasteiger partial charge in [-0.2, -0.15) is 10.1 Å². The molecule has 1 atom stereocenters. The van der Waals surface area contributed by atoms with Gasteiger partial charge in [0.25, 0.3) is 5.91 Å². The Hall–Kier alpha value is -3.26. The first-order valence-corrected chi connectivity index (χ1v) is 8.40. The van der Waals surface area contributed by atoms with Crippen LogP contribution in [0.1, 0.15) is 12.8 Å². The lowest BCUT2D eigenvalue weighted by Gasteiger charge is -2.11. The second kappa shape index (κ2) is 7.32. The maximum atomic E-state index is 12.1. The highest BCUT2D eigenvalue weighted by Gasteiger charge is 2.23. The molecule has 1 aliphatic rings. The van der Waals surface area contributed by atoms with E-state index in [9.17, 15) is 4.79 Å². The van der Waals surface area contributed by atoms with Crippen LogP contribution in [0.25, 0.3) is 5.82 Å². The fourth-order valence-corrected chi connectivity index (χ4v) is 2.71. The normalized spacial score (nSPS) is 16.4. The predicted octanol–water partition coefficient (Wildman–Crippen LogP) is 2.52. The van der Waals surface area contributed by atoms with Crippen LogP contribution in [-0.4, -0.2) is 38.4 Å². The van der Waals surface area contributed by atoms with Crippen molar-refractivity contribution in [1.29, 1.82) is 0 Å². The molecule has 1 amide bonds. The molecule has 2 aromatic heterocycles. The van der Waals surface area contributed by atoms with Gasteiger partial charge in [-0.15, -0.1) is 0 Å². The van der Waals surface area contributed by atoms with Gasteiger partial charge in [-0.1, -0.05) is 0 Å². The van der Waals surface area contributed by atoms with Gasteiger partial charge in [0.15, 0.2) is 5.82 Å². The van der Waals surface area contributed by atoms with Gasteiger partial charge in [0.05, 0.1) is 0 Å². The minimum atomic E-state index is -0.341. The third-order valence-electron chi connectivity index (χ3n) is 4.01. The molecule has 4 rings (SSSR count). The Bertz CT molecular complexity index is 873. The summed E-state index contributed by atoms with van der Waals surface area (Å²) in [4.78, 5) is 20.7. The van der Waals surface area contributed by atoms with Crippen LogP contribution in [0.3, 0.4) is 0 Å². The average Bonchev–Trinajstić information content (AvgIpc) is 3.38. The monoisotopic (exact) mass is 350 g/mol. The summed E-state index contributed by atoms with van der Waals surface area (Å²) in [6.45, 7) is 0.651. The van der Waals surface area contributed by atoms with Crippen molar-refractivity contribution in [3.05, 3.63) is 55.0 Å². The number of carbonyl (C=O) groups is 1. The lowest BCUT2D eigenvalue weighted by Crippen LogP contribution is -2.26. The summed E-state index contributed by atoms with van der Waals surface area (Å²) >= 11 is 0. The van der Waals surface area contributed by atoms with Gasteiger partial charge >= 0.3 is 0 Å². The summed E-state index contributed by atoms with van der Waals surface area (Å²) in [6, 6.07) is 11.0. The van der Waals surface area contributed by atoms with Crippen LogP contribution < -0.4 is 10.6 Å². The van der Waals surface area contributed by atoms with Crippen molar-refractivity contribution in [1.82, 2.24) is 19.7 Å². The molecule has 0 bridgehead atoms. The largest absolute Gasteiger partial charge is 0.368 e. The van der Waals surface area contributed by atoms with E-state index in [1.165, 1.54) is 0 Å². The number of carbonyl (C=O) groups excluding carboxylic acids is 1. The smallest absolute Gasteiger partial charge is 0.253 e. The molecule has 1 aromatic carbocycles. The number of nitrogens with one attached hydrogen (secondary N) is 2. The summed E-state index contributed by atoms with van der Waals surface area (Å²) in [5.74, 6) is 1.04. The Morgan fingerprint density at radius 3 is 2.73 bits per heavy atom. The van der Waals surface area contributed by atoms with Crippen molar-refractivity contribution in [3.63, 3.8) is 0 Å². The number of hydrogen-bond acceptors (Lipinski definition) is 6. The molecule has 0 radical (unpaired) electrons. The number of nitrogens with zero attached hydrogens (tertiary/aromatic N) is 4. The second-order valence-electron chi connectivity index (χ2n) is 5.88. The molecule has 132 valence electrons. The lowest BCUT2D eigenvalue weighted by molar-refractivity contribution is -0.124. The van der Waals surface area contributed by atoms with Gasteiger partial charge in [-0.25, -0.2) is 9.67 Å². The number of anilines is 3. The second-order valence-corrected chi connectivity index (χ2v) is 5.88. The topological polar surface area (TPSA) is 94.0 Å². The van der Waals surface area contributed by atoms with Crippen LogP contribution in [0.15, 0.2) is 55.0 Å². The third-order valence-corrected chi connectivity index (χ3v) is 4.01. The first-order valence-electron chi connectivity index (χ1n) is 8.40. The summed E-state index contributed by atoms with van der Waals surface area (Å²) in [5, 5.41) is 10.2. The summed E-state index contributed by atoms with van der Waals surface area (Å²) in [6.07, 6.45) is 6.54. The van der Waals surface area contributed by atoms with Crippen molar-refractivity contribution < 1.29 is 9.53 Å². The summed E-state index contributed by atoms with van der Waals surface area (Å²) in [5.41, 5.74) is 1.54. The highest BCUT2D eigenvalue weighted by atomic mass is 16.5. The average molecular weight is 350 g/mol. The molecule has 1 aliphatic heterocycles. The van der Waals surface area contributed by atoms with Crippen molar-refractivity contribution >= 4 is 23.2 Å². The molecular formula is C18H18N6O2. The molecule has 3 heterocycles. The first-order chi connectivity index (χ1) is 12.8. The van der Waals surface area contributed by atoms with E-state index < -0.39 is 0 Å². The molecule has 1 fully saturated rings. The molecule has 2 N–H and O–H groups in total. The van der Waals surface area contributed by atoms with Crippen molar-refractivity contribution in [2.24, 2.45) is 0 Å².